The second-order valence-corrected chi connectivity index (χ2v) is 7.82. The fourth-order valence-electron chi connectivity index (χ4n) is 2.28. The largest absolute Gasteiger partial charge is 0.482 e. The minimum Gasteiger partial charge on any atom is -0.482 e. The van der Waals surface area contributed by atoms with Crippen molar-refractivity contribution in [1.29, 1.82) is 0 Å². The van der Waals surface area contributed by atoms with Crippen molar-refractivity contribution in [3.8, 4) is 11.5 Å². The molecule has 0 aliphatic heterocycles. The molecule has 0 aliphatic carbocycles. The highest BCUT2D eigenvalue weighted by Gasteiger charge is 2.08. The molecule has 0 saturated carbocycles. The van der Waals surface area contributed by atoms with Crippen molar-refractivity contribution in [1.82, 2.24) is 10.6 Å². The number of nitrogens with one attached hydrogen (secondary N) is 2. The van der Waals surface area contributed by atoms with E-state index in [0.29, 0.717) is 57.5 Å². The molecule has 0 atom stereocenters. The van der Waals surface area contributed by atoms with Gasteiger partial charge in [-0.3, -0.25) is 9.59 Å². The van der Waals surface area contributed by atoms with Crippen LogP contribution in [0.5, 0.6) is 11.5 Å². The summed E-state index contributed by atoms with van der Waals surface area (Å²) < 4.78 is 10.7. The Labute approximate surface area is 194 Å². The van der Waals surface area contributed by atoms with Crippen molar-refractivity contribution >= 4 is 58.2 Å². The Bertz CT molecular complexity index is 808. The lowest BCUT2D eigenvalue weighted by Crippen LogP contribution is -2.32. The van der Waals surface area contributed by atoms with Gasteiger partial charge in [0.15, 0.2) is 13.2 Å². The van der Waals surface area contributed by atoms with E-state index >= 15 is 0 Å². The van der Waals surface area contributed by atoms with Gasteiger partial charge in [-0.2, -0.15) is 0 Å². The van der Waals surface area contributed by atoms with Gasteiger partial charge in [0.1, 0.15) is 11.5 Å². The highest BCUT2D eigenvalue weighted by Crippen LogP contribution is 2.28. The number of hydrogen-bond donors (Lipinski definition) is 2. The summed E-state index contributed by atoms with van der Waals surface area (Å²) in [6.45, 7) is 0.623. The van der Waals surface area contributed by atoms with Crippen LogP contribution in [0.3, 0.4) is 0 Å². The molecule has 162 valence electrons. The van der Waals surface area contributed by atoms with Crippen molar-refractivity contribution in [2.24, 2.45) is 0 Å². The van der Waals surface area contributed by atoms with Gasteiger partial charge in [-0.25, -0.2) is 0 Å². The lowest BCUT2D eigenvalue weighted by Gasteiger charge is -2.10. The number of hydrogen-bond acceptors (Lipinski definition) is 4. The van der Waals surface area contributed by atoms with Crippen LogP contribution in [-0.2, 0) is 9.59 Å². The van der Waals surface area contributed by atoms with E-state index in [2.05, 4.69) is 10.6 Å². The maximum Gasteiger partial charge on any atom is 0.257 e. The molecular formula is C20H20Cl4N2O4. The van der Waals surface area contributed by atoms with Crippen molar-refractivity contribution in [3.05, 3.63) is 56.5 Å². The van der Waals surface area contributed by atoms with Crippen LogP contribution < -0.4 is 20.1 Å². The van der Waals surface area contributed by atoms with E-state index in [4.69, 9.17) is 55.9 Å². The van der Waals surface area contributed by atoms with Crippen molar-refractivity contribution < 1.29 is 19.1 Å². The first-order valence-corrected chi connectivity index (χ1v) is 10.6. The van der Waals surface area contributed by atoms with E-state index in [1.54, 1.807) is 36.4 Å². The predicted molar refractivity (Wildman–Crippen MR) is 119 cm³/mol. The van der Waals surface area contributed by atoms with E-state index in [-0.39, 0.29) is 25.0 Å². The predicted octanol–water partition coefficient (Wildman–Crippen LogP) is 4.77. The molecule has 0 unspecified atom stereocenters. The monoisotopic (exact) mass is 492 g/mol. The van der Waals surface area contributed by atoms with Gasteiger partial charge < -0.3 is 20.1 Å². The highest BCUT2D eigenvalue weighted by atomic mass is 35.5. The zero-order valence-corrected chi connectivity index (χ0v) is 18.9. The van der Waals surface area contributed by atoms with Crippen molar-refractivity contribution in [2.75, 3.05) is 26.3 Å². The number of unbranched alkanes of at least 4 members (excludes halogenated alkanes) is 1. The maximum atomic E-state index is 11.8. The molecule has 0 aromatic heterocycles. The first-order chi connectivity index (χ1) is 14.3. The average Bonchev–Trinajstić information content (AvgIpc) is 2.69. The third-order valence-electron chi connectivity index (χ3n) is 3.75. The van der Waals surface area contributed by atoms with Crippen LogP contribution >= 0.6 is 46.4 Å². The summed E-state index contributed by atoms with van der Waals surface area (Å²) in [6, 6.07) is 9.55. The molecule has 2 amide bonds. The highest BCUT2D eigenvalue weighted by molar-refractivity contribution is 6.36. The number of amides is 2. The molecule has 2 rings (SSSR count). The fraction of sp³-hybridized carbons (Fsp3) is 0.300. The van der Waals surface area contributed by atoms with Gasteiger partial charge in [0.25, 0.3) is 11.8 Å². The number of carbonyl (C=O) groups is 2. The molecule has 10 heteroatoms. The fourth-order valence-corrected chi connectivity index (χ4v) is 3.20. The molecule has 2 N–H and O–H groups in total. The molecule has 0 heterocycles. The normalized spacial score (nSPS) is 10.4. The number of carbonyl (C=O) groups excluding carboxylic acids is 2. The van der Waals surface area contributed by atoms with Crippen molar-refractivity contribution in [3.63, 3.8) is 0 Å². The Morgan fingerprint density at radius 1 is 0.700 bits per heavy atom. The van der Waals surface area contributed by atoms with Crippen LogP contribution in [0, 0.1) is 0 Å². The maximum absolute atomic E-state index is 11.8. The lowest BCUT2D eigenvalue weighted by molar-refractivity contribution is -0.124. The molecule has 0 radical (unpaired) electrons. The van der Waals surface area contributed by atoms with E-state index in [0.717, 1.165) is 0 Å². The summed E-state index contributed by atoms with van der Waals surface area (Å²) in [5.74, 6) is 0.249. The Kier molecular flexibility index (Phi) is 10.4. The molecule has 0 aliphatic rings. The van der Waals surface area contributed by atoms with E-state index < -0.39 is 0 Å². The second kappa shape index (κ2) is 12.7. The zero-order chi connectivity index (χ0) is 21.9. The zero-order valence-electron chi connectivity index (χ0n) is 15.9. The second-order valence-electron chi connectivity index (χ2n) is 6.13. The Morgan fingerprint density at radius 2 is 1.10 bits per heavy atom. The molecule has 0 spiro atoms. The third-order valence-corrected chi connectivity index (χ3v) is 4.81. The summed E-state index contributed by atoms with van der Waals surface area (Å²) in [6.07, 6.45) is 1.38. The van der Waals surface area contributed by atoms with Gasteiger partial charge in [-0.05, 0) is 49.2 Å². The summed E-state index contributed by atoms with van der Waals surface area (Å²) >= 11 is 23.6. The summed E-state index contributed by atoms with van der Waals surface area (Å²) in [4.78, 5) is 23.6. The van der Waals surface area contributed by atoms with Crippen LogP contribution in [-0.4, -0.2) is 38.1 Å². The van der Waals surface area contributed by atoms with E-state index in [1.807, 2.05) is 0 Å². The van der Waals surface area contributed by atoms with Crippen LogP contribution in [0.15, 0.2) is 36.4 Å². The minimum absolute atomic E-state index is 0.150. The van der Waals surface area contributed by atoms with Gasteiger partial charge in [0.05, 0.1) is 10.0 Å². The van der Waals surface area contributed by atoms with Gasteiger partial charge in [-0.1, -0.05) is 46.4 Å². The van der Waals surface area contributed by atoms with Gasteiger partial charge in [0, 0.05) is 23.1 Å². The standard InChI is InChI=1S/C20H20Cl4N2O4/c21-13-3-5-17(15(23)9-13)29-11-19(27)25-7-1-2-8-26-20(28)12-30-18-6-4-14(22)10-16(18)24/h3-6,9-10H,1-2,7-8,11-12H2,(H,25,27)(H,26,28). The average molecular weight is 494 g/mol. The van der Waals surface area contributed by atoms with E-state index in [1.165, 1.54) is 0 Å². The number of halogens is 4. The van der Waals surface area contributed by atoms with Gasteiger partial charge in [-0.15, -0.1) is 0 Å². The molecular weight excluding hydrogens is 474 g/mol. The van der Waals surface area contributed by atoms with Crippen LogP contribution in [0.25, 0.3) is 0 Å². The van der Waals surface area contributed by atoms with Crippen LogP contribution in [0.2, 0.25) is 20.1 Å². The molecule has 30 heavy (non-hydrogen) atoms. The first-order valence-electron chi connectivity index (χ1n) is 9.04. The van der Waals surface area contributed by atoms with E-state index in [9.17, 15) is 9.59 Å². The molecule has 0 fully saturated rings. The molecule has 0 bridgehead atoms. The Morgan fingerprint density at radius 3 is 1.47 bits per heavy atom. The number of ether oxygens (including phenoxy) is 2. The lowest BCUT2D eigenvalue weighted by atomic mass is 10.3. The summed E-state index contributed by atoms with van der Waals surface area (Å²) in [5, 5.41) is 7.13. The topological polar surface area (TPSA) is 76.7 Å². The van der Waals surface area contributed by atoms with Gasteiger partial charge in [0.2, 0.25) is 0 Å². The molecule has 6 nitrogen and oxygen atoms in total. The SMILES string of the molecule is O=C(COc1ccc(Cl)cc1Cl)NCCCCNC(=O)COc1ccc(Cl)cc1Cl. The molecule has 2 aromatic rings. The Balaban J connectivity index is 1.52. The molecule has 2 aromatic carbocycles. The first kappa shape index (κ1) is 24.4. The summed E-state index contributed by atoms with van der Waals surface area (Å²) in [7, 11) is 0. The molecule has 0 saturated heterocycles. The minimum atomic E-state index is -0.265. The number of rotatable bonds is 11. The summed E-state index contributed by atoms with van der Waals surface area (Å²) in [5.41, 5.74) is 0. The van der Waals surface area contributed by atoms with Crippen LogP contribution in [0.1, 0.15) is 12.8 Å². The van der Waals surface area contributed by atoms with Gasteiger partial charge >= 0.3 is 0 Å². The number of benzene rings is 2. The van der Waals surface area contributed by atoms with Crippen LogP contribution in [0.4, 0.5) is 0 Å². The smallest absolute Gasteiger partial charge is 0.257 e. The third kappa shape index (κ3) is 8.88. The Hall–Kier alpha value is -1.86. The quantitative estimate of drug-likeness (QED) is 0.442. The van der Waals surface area contributed by atoms with Crippen molar-refractivity contribution in [2.45, 2.75) is 12.8 Å².